The van der Waals surface area contributed by atoms with Crippen molar-refractivity contribution in [1.29, 1.82) is 0 Å². The minimum absolute atomic E-state index is 0.218. The molecule has 0 saturated heterocycles. The minimum atomic E-state index is -0.623. The predicted octanol–water partition coefficient (Wildman–Crippen LogP) is 5.03. The molecular formula is C30H25ClN2O4S. The molecule has 1 aromatic heterocycles. The molecule has 0 fully saturated rings. The van der Waals surface area contributed by atoms with E-state index in [0.717, 1.165) is 16.7 Å². The Kier molecular flexibility index (Phi) is 7.58. The molecule has 0 bridgehead atoms. The van der Waals surface area contributed by atoms with Crippen LogP contribution in [0.2, 0.25) is 5.02 Å². The van der Waals surface area contributed by atoms with Crippen molar-refractivity contribution in [2.75, 3.05) is 6.61 Å². The van der Waals surface area contributed by atoms with Crippen LogP contribution in [0.25, 0.3) is 6.08 Å². The van der Waals surface area contributed by atoms with Crippen molar-refractivity contribution in [1.82, 2.24) is 4.57 Å². The fraction of sp³-hybridized carbons (Fsp3) is 0.167. The highest BCUT2D eigenvalue weighted by Gasteiger charge is 2.33. The monoisotopic (exact) mass is 544 g/mol. The van der Waals surface area contributed by atoms with Crippen LogP contribution in [0.5, 0.6) is 5.75 Å². The van der Waals surface area contributed by atoms with Gasteiger partial charge in [0.25, 0.3) is 5.56 Å². The molecule has 1 aliphatic heterocycles. The predicted molar refractivity (Wildman–Crippen MR) is 149 cm³/mol. The van der Waals surface area contributed by atoms with Gasteiger partial charge in [-0.25, -0.2) is 9.79 Å². The highest BCUT2D eigenvalue weighted by Crippen LogP contribution is 2.30. The van der Waals surface area contributed by atoms with Crippen LogP contribution in [0.3, 0.4) is 0 Å². The lowest BCUT2D eigenvalue weighted by Gasteiger charge is -2.24. The number of fused-ring (bicyclic) bond motifs is 1. The third kappa shape index (κ3) is 5.35. The number of thiazole rings is 1. The summed E-state index contributed by atoms with van der Waals surface area (Å²) in [5, 5.41) is 0.677. The van der Waals surface area contributed by atoms with Gasteiger partial charge in [0, 0.05) is 5.02 Å². The molecule has 2 heterocycles. The standard InChI is InChI=1S/C30H25ClN2O4S/c1-3-36-29(35)26-19(2)32-30-33(27(26)22-9-5-4-6-10-22)28(34)25(38-30)17-21-8-7-11-24(16-21)37-18-20-12-14-23(31)15-13-20/h4-17,27H,3,18H2,1-2H3/b25-17-/t27-/m0/s1. The summed E-state index contributed by atoms with van der Waals surface area (Å²) in [6.45, 7) is 4.17. The summed E-state index contributed by atoms with van der Waals surface area (Å²) in [5.41, 5.74) is 3.33. The van der Waals surface area contributed by atoms with Crippen LogP contribution >= 0.6 is 22.9 Å². The van der Waals surface area contributed by atoms with E-state index >= 15 is 0 Å². The second-order valence-electron chi connectivity index (χ2n) is 8.70. The molecule has 1 aliphatic rings. The molecule has 5 rings (SSSR count). The topological polar surface area (TPSA) is 69.9 Å². The molecule has 0 radical (unpaired) electrons. The molecule has 4 aromatic rings. The number of esters is 1. The smallest absolute Gasteiger partial charge is 0.338 e. The summed E-state index contributed by atoms with van der Waals surface area (Å²) >= 11 is 7.26. The molecule has 38 heavy (non-hydrogen) atoms. The average Bonchev–Trinajstić information content (AvgIpc) is 3.22. The van der Waals surface area contributed by atoms with Crippen molar-refractivity contribution >= 4 is 35.0 Å². The van der Waals surface area contributed by atoms with Gasteiger partial charge in [0.2, 0.25) is 0 Å². The first-order valence-corrected chi connectivity index (χ1v) is 13.4. The Bertz CT molecular complexity index is 1690. The lowest BCUT2D eigenvalue weighted by atomic mass is 9.96. The average molecular weight is 545 g/mol. The van der Waals surface area contributed by atoms with Crippen molar-refractivity contribution in [3.05, 3.63) is 132 Å². The molecule has 0 saturated carbocycles. The molecule has 3 aromatic carbocycles. The maximum Gasteiger partial charge on any atom is 0.338 e. The van der Waals surface area contributed by atoms with Gasteiger partial charge in [0.05, 0.1) is 28.5 Å². The van der Waals surface area contributed by atoms with Crippen molar-refractivity contribution in [3.63, 3.8) is 0 Å². The van der Waals surface area contributed by atoms with Gasteiger partial charge in [-0.1, -0.05) is 77.5 Å². The highest BCUT2D eigenvalue weighted by molar-refractivity contribution is 7.07. The fourth-order valence-electron chi connectivity index (χ4n) is 4.34. The third-order valence-corrected chi connectivity index (χ3v) is 7.34. The molecule has 1 atom stereocenters. The first-order valence-electron chi connectivity index (χ1n) is 12.2. The lowest BCUT2D eigenvalue weighted by Crippen LogP contribution is -2.39. The Morgan fingerprint density at radius 3 is 2.58 bits per heavy atom. The largest absolute Gasteiger partial charge is 0.489 e. The van der Waals surface area contributed by atoms with Crippen molar-refractivity contribution in [3.8, 4) is 5.75 Å². The van der Waals surface area contributed by atoms with Gasteiger partial charge < -0.3 is 9.47 Å². The van der Waals surface area contributed by atoms with E-state index in [1.165, 1.54) is 11.3 Å². The molecule has 6 nitrogen and oxygen atoms in total. The molecule has 0 amide bonds. The number of carbonyl (C=O) groups excluding carboxylic acids is 1. The van der Waals surface area contributed by atoms with E-state index in [9.17, 15) is 9.59 Å². The zero-order chi connectivity index (χ0) is 26.6. The lowest BCUT2D eigenvalue weighted by molar-refractivity contribution is -0.139. The number of carbonyl (C=O) groups is 1. The zero-order valence-corrected chi connectivity index (χ0v) is 22.5. The van der Waals surface area contributed by atoms with Gasteiger partial charge in [0.1, 0.15) is 12.4 Å². The number of nitrogens with zero attached hydrogens (tertiary/aromatic N) is 2. The summed E-state index contributed by atoms with van der Waals surface area (Å²) < 4.78 is 13.4. The Hall–Kier alpha value is -3.94. The van der Waals surface area contributed by atoms with Crippen LogP contribution in [0.4, 0.5) is 0 Å². The molecule has 0 N–H and O–H groups in total. The summed E-state index contributed by atoms with van der Waals surface area (Å²) in [7, 11) is 0. The van der Waals surface area contributed by atoms with Gasteiger partial charge in [-0.05, 0) is 60.9 Å². The summed E-state index contributed by atoms with van der Waals surface area (Å²) in [6, 6.07) is 23.9. The molecule has 8 heteroatoms. The molecular weight excluding hydrogens is 520 g/mol. The number of hydrogen-bond acceptors (Lipinski definition) is 6. The zero-order valence-electron chi connectivity index (χ0n) is 20.9. The van der Waals surface area contributed by atoms with Crippen LogP contribution < -0.4 is 19.6 Å². The Balaban J connectivity index is 1.52. The van der Waals surface area contributed by atoms with Gasteiger partial charge in [-0.2, -0.15) is 0 Å². The van der Waals surface area contributed by atoms with Crippen LogP contribution in [0.15, 0.2) is 99.9 Å². The SMILES string of the molecule is CCOC(=O)C1=C(C)N=c2s/c(=C\c3cccc(OCc4ccc(Cl)cc4)c3)c(=O)n2[C@H]1c1ccccc1. The maximum atomic E-state index is 13.7. The quantitative estimate of drug-likeness (QED) is 0.306. The Morgan fingerprint density at radius 2 is 1.84 bits per heavy atom. The van der Waals surface area contributed by atoms with Crippen LogP contribution in [0, 0.1) is 0 Å². The van der Waals surface area contributed by atoms with E-state index in [0.29, 0.717) is 38.0 Å². The van der Waals surface area contributed by atoms with Crippen LogP contribution in [0.1, 0.15) is 36.6 Å². The van der Waals surface area contributed by atoms with E-state index in [-0.39, 0.29) is 12.2 Å². The van der Waals surface area contributed by atoms with Crippen molar-refractivity contribution in [2.24, 2.45) is 4.99 Å². The number of aromatic nitrogens is 1. The number of allylic oxidation sites excluding steroid dienone is 1. The van der Waals surface area contributed by atoms with Gasteiger partial charge in [0.15, 0.2) is 4.80 Å². The van der Waals surface area contributed by atoms with Gasteiger partial charge in [-0.15, -0.1) is 0 Å². The number of rotatable bonds is 7. The first kappa shape index (κ1) is 25.7. The van der Waals surface area contributed by atoms with E-state index < -0.39 is 12.0 Å². The summed E-state index contributed by atoms with van der Waals surface area (Å²) in [4.78, 5) is 31.8. The number of halogens is 1. The van der Waals surface area contributed by atoms with Crippen molar-refractivity contribution in [2.45, 2.75) is 26.5 Å². The molecule has 192 valence electrons. The highest BCUT2D eigenvalue weighted by atomic mass is 35.5. The minimum Gasteiger partial charge on any atom is -0.489 e. The molecule has 0 spiro atoms. The number of hydrogen-bond donors (Lipinski definition) is 0. The maximum absolute atomic E-state index is 13.7. The molecule has 0 aliphatic carbocycles. The van der Waals surface area contributed by atoms with E-state index in [1.807, 2.05) is 84.9 Å². The van der Waals surface area contributed by atoms with Crippen molar-refractivity contribution < 1.29 is 14.3 Å². The molecule has 0 unspecified atom stereocenters. The number of ether oxygens (including phenoxy) is 2. The van der Waals surface area contributed by atoms with E-state index in [1.54, 1.807) is 18.4 Å². The second-order valence-corrected chi connectivity index (χ2v) is 10.1. The summed E-state index contributed by atoms with van der Waals surface area (Å²) in [6.07, 6.45) is 1.82. The van der Waals surface area contributed by atoms with E-state index in [4.69, 9.17) is 21.1 Å². The van der Waals surface area contributed by atoms with Gasteiger partial charge >= 0.3 is 5.97 Å². The second kappa shape index (κ2) is 11.2. The van der Waals surface area contributed by atoms with Crippen LogP contribution in [-0.4, -0.2) is 17.1 Å². The first-order chi connectivity index (χ1) is 18.4. The fourth-order valence-corrected chi connectivity index (χ4v) is 5.51. The number of benzene rings is 3. The summed E-state index contributed by atoms with van der Waals surface area (Å²) in [5.74, 6) is 0.214. The van der Waals surface area contributed by atoms with Gasteiger partial charge in [-0.3, -0.25) is 9.36 Å². The van der Waals surface area contributed by atoms with Crippen LogP contribution in [-0.2, 0) is 16.1 Å². The van der Waals surface area contributed by atoms with E-state index in [2.05, 4.69) is 4.99 Å². The Morgan fingerprint density at radius 1 is 1.08 bits per heavy atom. The normalized spacial score (nSPS) is 15.1. The Labute approximate surface area is 228 Å². The third-order valence-electron chi connectivity index (χ3n) is 6.11.